The number of aryl methyl sites for hydroxylation is 1. The summed E-state index contributed by atoms with van der Waals surface area (Å²) >= 11 is 3.40. The first-order valence-electron chi connectivity index (χ1n) is 6.85. The van der Waals surface area contributed by atoms with E-state index in [2.05, 4.69) is 26.3 Å². The van der Waals surface area contributed by atoms with Crippen LogP contribution in [0.15, 0.2) is 28.7 Å². The number of halogens is 2. The molecule has 2 heterocycles. The Morgan fingerprint density at radius 1 is 1.30 bits per heavy atom. The predicted molar refractivity (Wildman–Crippen MR) is 81.1 cm³/mol. The second-order valence-electron chi connectivity index (χ2n) is 5.23. The van der Waals surface area contributed by atoms with Crippen molar-refractivity contribution in [3.63, 3.8) is 0 Å². The highest BCUT2D eigenvalue weighted by molar-refractivity contribution is 9.10. The lowest BCUT2D eigenvalue weighted by Gasteiger charge is -2.20. The monoisotopic (exact) mass is 337 g/mol. The van der Waals surface area contributed by atoms with Crippen LogP contribution in [0.1, 0.15) is 24.5 Å². The van der Waals surface area contributed by atoms with E-state index in [0.717, 1.165) is 41.8 Å². The molecular formula is C15H17BrFN3. The maximum atomic E-state index is 14.0. The van der Waals surface area contributed by atoms with Gasteiger partial charge < -0.3 is 5.32 Å². The van der Waals surface area contributed by atoms with Crippen LogP contribution >= 0.6 is 15.9 Å². The van der Waals surface area contributed by atoms with Crippen LogP contribution in [0.25, 0.3) is 11.3 Å². The highest BCUT2D eigenvalue weighted by atomic mass is 79.9. The van der Waals surface area contributed by atoms with Crippen LogP contribution in [-0.2, 0) is 7.05 Å². The summed E-state index contributed by atoms with van der Waals surface area (Å²) in [7, 11) is 1.88. The fourth-order valence-electron chi connectivity index (χ4n) is 2.75. The van der Waals surface area contributed by atoms with E-state index in [1.54, 1.807) is 16.8 Å². The van der Waals surface area contributed by atoms with Crippen molar-refractivity contribution in [2.45, 2.75) is 18.8 Å². The van der Waals surface area contributed by atoms with Crippen LogP contribution in [0.2, 0.25) is 0 Å². The summed E-state index contributed by atoms with van der Waals surface area (Å²) in [4.78, 5) is 0. The lowest BCUT2D eigenvalue weighted by atomic mass is 9.94. The molecule has 0 radical (unpaired) electrons. The molecule has 0 unspecified atom stereocenters. The van der Waals surface area contributed by atoms with Gasteiger partial charge >= 0.3 is 0 Å². The van der Waals surface area contributed by atoms with E-state index >= 15 is 0 Å². The maximum absolute atomic E-state index is 14.0. The lowest BCUT2D eigenvalue weighted by Crippen LogP contribution is -2.26. The van der Waals surface area contributed by atoms with E-state index in [1.807, 2.05) is 13.1 Å². The van der Waals surface area contributed by atoms with Gasteiger partial charge in [0.25, 0.3) is 0 Å². The van der Waals surface area contributed by atoms with Crippen LogP contribution < -0.4 is 5.32 Å². The van der Waals surface area contributed by atoms with Crippen molar-refractivity contribution in [3.05, 3.63) is 40.2 Å². The topological polar surface area (TPSA) is 29.9 Å². The van der Waals surface area contributed by atoms with E-state index in [9.17, 15) is 4.39 Å². The molecule has 1 aliphatic heterocycles. The highest BCUT2D eigenvalue weighted by Gasteiger charge is 2.20. The molecule has 0 amide bonds. The number of hydrogen-bond acceptors (Lipinski definition) is 2. The van der Waals surface area contributed by atoms with Crippen LogP contribution in [0.5, 0.6) is 0 Å². The fraction of sp³-hybridized carbons (Fsp3) is 0.400. The van der Waals surface area contributed by atoms with Gasteiger partial charge in [-0.2, -0.15) is 5.10 Å². The van der Waals surface area contributed by atoms with Gasteiger partial charge in [-0.3, -0.25) is 4.68 Å². The summed E-state index contributed by atoms with van der Waals surface area (Å²) in [6.07, 6.45) is 2.19. The SMILES string of the molecule is Cn1nc(C2CCNCC2)cc1-c1cc(Br)ccc1F. The number of nitrogens with zero attached hydrogens (tertiary/aromatic N) is 2. The number of rotatable bonds is 2. The van der Waals surface area contributed by atoms with Crippen LogP contribution in [0.4, 0.5) is 4.39 Å². The van der Waals surface area contributed by atoms with Crippen molar-refractivity contribution >= 4 is 15.9 Å². The number of aromatic nitrogens is 2. The van der Waals surface area contributed by atoms with Gasteiger partial charge in [0.1, 0.15) is 5.82 Å². The van der Waals surface area contributed by atoms with Crippen molar-refractivity contribution in [2.24, 2.45) is 7.05 Å². The zero-order valence-electron chi connectivity index (χ0n) is 11.4. The van der Waals surface area contributed by atoms with Gasteiger partial charge in [-0.15, -0.1) is 0 Å². The molecule has 1 aromatic carbocycles. The zero-order valence-corrected chi connectivity index (χ0v) is 13.0. The number of benzene rings is 1. The van der Waals surface area contributed by atoms with Crippen LogP contribution in [-0.4, -0.2) is 22.9 Å². The zero-order chi connectivity index (χ0) is 14.1. The molecule has 0 atom stereocenters. The molecule has 3 nitrogen and oxygen atoms in total. The Morgan fingerprint density at radius 2 is 2.05 bits per heavy atom. The molecule has 1 fully saturated rings. The molecule has 0 aliphatic carbocycles. The molecule has 20 heavy (non-hydrogen) atoms. The van der Waals surface area contributed by atoms with E-state index in [0.29, 0.717) is 11.5 Å². The van der Waals surface area contributed by atoms with Crippen LogP contribution in [0.3, 0.4) is 0 Å². The van der Waals surface area contributed by atoms with E-state index in [1.165, 1.54) is 6.07 Å². The molecule has 0 bridgehead atoms. The van der Waals surface area contributed by atoms with Gasteiger partial charge in [0, 0.05) is 23.0 Å². The molecule has 0 spiro atoms. The van der Waals surface area contributed by atoms with E-state index in [-0.39, 0.29) is 5.82 Å². The van der Waals surface area contributed by atoms with E-state index < -0.39 is 0 Å². The Hall–Kier alpha value is -1.20. The van der Waals surface area contributed by atoms with Crippen molar-refractivity contribution in [1.82, 2.24) is 15.1 Å². The van der Waals surface area contributed by atoms with Gasteiger partial charge in [0.05, 0.1) is 11.4 Å². The first kappa shape index (κ1) is 13.8. The lowest BCUT2D eigenvalue weighted by molar-refractivity contribution is 0.450. The quantitative estimate of drug-likeness (QED) is 0.909. The third-order valence-electron chi connectivity index (χ3n) is 3.86. The molecule has 1 saturated heterocycles. The molecule has 1 N–H and O–H groups in total. The van der Waals surface area contributed by atoms with Crippen molar-refractivity contribution < 1.29 is 4.39 Å². The number of piperidine rings is 1. The fourth-order valence-corrected chi connectivity index (χ4v) is 3.11. The summed E-state index contributed by atoms with van der Waals surface area (Å²) in [5, 5.41) is 7.94. The largest absolute Gasteiger partial charge is 0.317 e. The van der Waals surface area contributed by atoms with E-state index in [4.69, 9.17) is 0 Å². The Bertz CT molecular complexity index is 618. The molecule has 0 saturated carbocycles. The average Bonchev–Trinajstić information content (AvgIpc) is 2.84. The molecule has 3 rings (SSSR count). The van der Waals surface area contributed by atoms with Gasteiger partial charge in [0.2, 0.25) is 0 Å². The summed E-state index contributed by atoms with van der Waals surface area (Å²) in [5.74, 6) is 0.263. The molecule has 1 aliphatic rings. The predicted octanol–water partition coefficient (Wildman–Crippen LogP) is 3.46. The Labute approximate surface area is 126 Å². The molecule has 2 aromatic rings. The minimum atomic E-state index is -0.215. The molecule has 1 aromatic heterocycles. The second kappa shape index (κ2) is 5.66. The molecule has 5 heteroatoms. The highest BCUT2D eigenvalue weighted by Crippen LogP contribution is 2.30. The third-order valence-corrected chi connectivity index (χ3v) is 4.35. The molecular weight excluding hydrogens is 321 g/mol. The molecule has 106 valence electrons. The summed E-state index contributed by atoms with van der Waals surface area (Å²) < 4.78 is 16.7. The normalized spacial score (nSPS) is 16.6. The van der Waals surface area contributed by atoms with Gasteiger partial charge in [-0.1, -0.05) is 15.9 Å². The third kappa shape index (κ3) is 2.65. The Morgan fingerprint density at radius 3 is 2.80 bits per heavy atom. The van der Waals surface area contributed by atoms with Gasteiger partial charge in [0.15, 0.2) is 0 Å². The Kier molecular flexibility index (Phi) is 3.89. The van der Waals surface area contributed by atoms with Crippen molar-refractivity contribution in [1.29, 1.82) is 0 Å². The standard InChI is InChI=1S/C15H17BrFN3/c1-20-15(12-8-11(16)2-3-13(12)17)9-14(19-20)10-4-6-18-7-5-10/h2-3,8-10,18H,4-7H2,1H3. The first-order valence-corrected chi connectivity index (χ1v) is 7.64. The maximum Gasteiger partial charge on any atom is 0.132 e. The van der Waals surface area contributed by atoms with Crippen molar-refractivity contribution in [2.75, 3.05) is 13.1 Å². The first-order chi connectivity index (χ1) is 9.65. The Balaban J connectivity index is 1.98. The number of nitrogens with one attached hydrogen (secondary N) is 1. The summed E-state index contributed by atoms with van der Waals surface area (Å²) in [5.41, 5.74) is 2.50. The minimum absolute atomic E-state index is 0.215. The van der Waals surface area contributed by atoms with Crippen molar-refractivity contribution in [3.8, 4) is 11.3 Å². The minimum Gasteiger partial charge on any atom is -0.317 e. The summed E-state index contributed by atoms with van der Waals surface area (Å²) in [6.45, 7) is 2.06. The summed E-state index contributed by atoms with van der Waals surface area (Å²) in [6, 6.07) is 7.03. The smallest absolute Gasteiger partial charge is 0.132 e. The van der Waals surface area contributed by atoms with Gasteiger partial charge in [-0.25, -0.2) is 4.39 Å². The second-order valence-corrected chi connectivity index (χ2v) is 6.14. The van der Waals surface area contributed by atoms with Crippen LogP contribution in [0, 0.1) is 5.82 Å². The average molecular weight is 338 g/mol. The number of hydrogen-bond donors (Lipinski definition) is 1. The van der Waals surface area contributed by atoms with Gasteiger partial charge in [-0.05, 0) is 50.2 Å².